The summed E-state index contributed by atoms with van der Waals surface area (Å²) in [5.74, 6) is 0.104. The molecule has 0 aliphatic rings. The molecule has 0 aromatic rings. The zero-order valence-corrected chi connectivity index (χ0v) is 11.1. The minimum atomic E-state index is -1.24. The van der Waals surface area contributed by atoms with Crippen LogP contribution < -0.4 is 10.6 Å². The second-order valence-corrected chi connectivity index (χ2v) is 4.16. The van der Waals surface area contributed by atoms with E-state index in [1.807, 2.05) is 0 Å². The number of carbonyl (C=O) groups excluding carboxylic acids is 2. The van der Waals surface area contributed by atoms with Crippen LogP contribution in [0.4, 0.5) is 4.79 Å². The Balaban J connectivity index is 4.61. The highest BCUT2D eigenvalue weighted by atomic mass is 16.5. The van der Waals surface area contributed by atoms with Crippen molar-refractivity contribution in [3.8, 4) is 12.3 Å². The summed E-state index contributed by atoms with van der Waals surface area (Å²) in [6.45, 7) is 3.44. The maximum Gasteiger partial charge on any atom is 0.328 e. The van der Waals surface area contributed by atoms with Gasteiger partial charge in [-0.05, 0) is 5.92 Å². The van der Waals surface area contributed by atoms with Crippen LogP contribution >= 0.6 is 0 Å². The second kappa shape index (κ2) is 7.97. The number of aliphatic carboxylic acids is 1. The predicted molar refractivity (Wildman–Crippen MR) is 67.2 cm³/mol. The molecule has 0 fully saturated rings. The first-order chi connectivity index (χ1) is 8.83. The van der Waals surface area contributed by atoms with Gasteiger partial charge in [0.25, 0.3) is 0 Å². The summed E-state index contributed by atoms with van der Waals surface area (Å²) >= 11 is 0. The molecule has 0 aromatic carbocycles. The third-order valence-corrected chi connectivity index (χ3v) is 2.33. The number of rotatable bonds is 6. The highest BCUT2D eigenvalue weighted by Gasteiger charge is 2.26. The lowest BCUT2D eigenvalue weighted by molar-refractivity contribution is -0.144. The van der Waals surface area contributed by atoms with Gasteiger partial charge in [-0.25, -0.2) is 14.4 Å². The molecule has 3 N–H and O–H groups in total. The monoisotopic (exact) mass is 270 g/mol. The topological polar surface area (TPSA) is 105 Å². The molecule has 0 aliphatic carbocycles. The molecule has 0 radical (unpaired) electrons. The maximum atomic E-state index is 11.6. The molecule has 0 saturated carbocycles. The van der Waals surface area contributed by atoms with Crippen molar-refractivity contribution in [1.82, 2.24) is 10.6 Å². The van der Waals surface area contributed by atoms with Gasteiger partial charge < -0.3 is 20.5 Å². The largest absolute Gasteiger partial charge is 0.480 e. The van der Waals surface area contributed by atoms with E-state index < -0.39 is 30.1 Å². The number of hydrogen-bond donors (Lipinski definition) is 3. The van der Waals surface area contributed by atoms with Crippen LogP contribution in [-0.2, 0) is 14.3 Å². The quantitative estimate of drug-likeness (QED) is 0.464. The predicted octanol–water partition coefficient (Wildman–Crippen LogP) is -0.0403. The average Bonchev–Trinajstić information content (AvgIpc) is 2.34. The third-order valence-electron chi connectivity index (χ3n) is 2.33. The number of esters is 1. The summed E-state index contributed by atoms with van der Waals surface area (Å²) in [4.78, 5) is 33.8. The molecule has 0 spiro atoms. The Labute approximate surface area is 111 Å². The summed E-state index contributed by atoms with van der Waals surface area (Å²) < 4.78 is 4.54. The van der Waals surface area contributed by atoms with Gasteiger partial charge in [0.05, 0.1) is 7.11 Å². The maximum absolute atomic E-state index is 11.6. The normalized spacial score (nSPS) is 13.0. The fourth-order valence-corrected chi connectivity index (χ4v) is 1.28. The second-order valence-electron chi connectivity index (χ2n) is 4.16. The molecule has 2 atom stereocenters. The van der Waals surface area contributed by atoms with E-state index in [4.69, 9.17) is 11.5 Å². The van der Waals surface area contributed by atoms with Crippen molar-refractivity contribution in [3.05, 3.63) is 0 Å². The highest BCUT2D eigenvalue weighted by molar-refractivity contribution is 5.86. The van der Waals surface area contributed by atoms with Gasteiger partial charge >= 0.3 is 18.0 Å². The average molecular weight is 270 g/mol. The molecule has 0 aromatic heterocycles. The first kappa shape index (κ1) is 16.8. The van der Waals surface area contributed by atoms with Crippen LogP contribution in [0.25, 0.3) is 0 Å². The van der Waals surface area contributed by atoms with E-state index in [2.05, 4.69) is 21.3 Å². The van der Waals surface area contributed by atoms with E-state index in [1.54, 1.807) is 13.8 Å². The Morgan fingerprint density at radius 2 is 1.89 bits per heavy atom. The van der Waals surface area contributed by atoms with E-state index in [-0.39, 0.29) is 12.3 Å². The molecular weight excluding hydrogens is 252 g/mol. The lowest BCUT2D eigenvalue weighted by Crippen LogP contribution is -2.52. The van der Waals surface area contributed by atoms with Crippen LogP contribution in [0, 0.1) is 18.3 Å². The van der Waals surface area contributed by atoms with Crippen LogP contribution in [-0.4, -0.2) is 42.3 Å². The van der Waals surface area contributed by atoms with Gasteiger partial charge in [-0.15, -0.1) is 12.3 Å². The van der Waals surface area contributed by atoms with Crippen molar-refractivity contribution in [2.45, 2.75) is 32.4 Å². The molecule has 7 heteroatoms. The number of carboxylic acids is 1. The molecule has 2 unspecified atom stereocenters. The lowest BCUT2D eigenvalue weighted by Gasteiger charge is -2.21. The molecule has 2 amide bonds. The number of nitrogens with one attached hydrogen (secondary N) is 2. The SMILES string of the molecule is C#CCC(NC(=O)NC(C(=O)OC)C(C)C)C(=O)O. The van der Waals surface area contributed by atoms with Crippen molar-refractivity contribution in [2.75, 3.05) is 7.11 Å². The van der Waals surface area contributed by atoms with Crippen molar-refractivity contribution >= 4 is 18.0 Å². The minimum Gasteiger partial charge on any atom is -0.480 e. The number of hydrogen-bond acceptors (Lipinski definition) is 4. The first-order valence-corrected chi connectivity index (χ1v) is 5.64. The standard InChI is InChI=1S/C12H18N2O5/c1-5-6-8(10(15)16)13-12(18)14-9(7(2)3)11(17)19-4/h1,7-9H,6H2,2-4H3,(H,15,16)(H2,13,14,18). The number of methoxy groups -OCH3 is 1. The molecule has 7 nitrogen and oxygen atoms in total. The van der Waals surface area contributed by atoms with Gasteiger partial charge in [0.2, 0.25) is 0 Å². The van der Waals surface area contributed by atoms with E-state index in [1.165, 1.54) is 7.11 Å². The van der Waals surface area contributed by atoms with E-state index in [0.717, 1.165) is 0 Å². The van der Waals surface area contributed by atoms with Crippen LogP contribution in [0.1, 0.15) is 20.3 Å². The number of carbonyl (C=O) groups is 3. The van der Waals surface area contributed by atoms with Gasteiger partial charge in [-0.2, -0.15) is 0 Å². The number of ether oxygens (including phenoxy) is 1. The van der Waals surface area contributed by atoms with Gasteiger partial charge in [-0.3, -0.25) is 0 Å². The summed E-state index contributed by atoms with van der Waals surface area (Å²) in [5.41, 5.74) is 0. The van der Waals surface area contributed by atoms with Gasteiger partial charge in [-0.1, -0.05) is 13.8 Å². The summed E-state index contributed by atoms with van der Waals surface area (Å²) in [5, 5.41) is 13.4. The highest BCUT2D eigenvalue weighted by Crippen LogP contribution is 2.03. The molecule has 0 rings (SSSR count). The molecule has 19 heavy (non-hydrogen) atoms. The molecule has 0 saturated heterocycles. The summed E-state index contributed by atoms with van der Waals surface area (Å²) in [7, 11) is 1.20. The van der Waals surface area contributed by atoms with E-state index in [9.17, 15) is 14.4 Å². The molecular formula is C12H18N2O5. The van der Waals surface area contributed by atoms with Crippen molar-refractivity contribution in [2.24, 2.45) is 5.92 Å². The third kappa shape index (κ3) is 5.77. The summed E-state index contributed by atoms with van der Waals surface area (Å²) in [6, 6.07) is -2.84. The van der Waals surface area contributed by atoms with Crippen LogP contribution in [0.2, 0.25) is 0 Å². The number of urea groups is 1. The van der Waals surface area contributed by atoms with Gasteiger partial charge in [0.15, 0.2) is 0 Å². The van der Waals surface area contributed by atoms with Gasteiger partial charge in [0.1, 0.15) is 12.1 Å². The molecule has 0 heterocycles. The summed E-state index contributed by atoms with van der Waals surface area (Å²) in [6.07, 6.45) is 4.86. The smallest absolute Gasteiger partial charge is 0.328 e. The minimum absolute atomic E-state index is 0.146. The Bertz CT molecular complexity index is 386. The van der Waals surface area contributed by atoms with Crippen LogP contribution in [0.15, 0.2) is 0 Å². The van der Waals surface area contributed by atoms with Crippen molar-refractivity contribution in [3.63, 3.8) is 0 Å². The number of amides is 2. The van der Waals surface area contributed by atoms with Crippen molar-refractivity contribution < 1.29 is 24.2 Å². The number of terminal acetylenes is 1. The molecule has 0 bridgehead atoms. The van der Waals surface area contributed by atoms with Crippen LogP contribution in [0.3, 0.4) is 0 Å². The zero-order chi connectivity index (χ0) is 15.0. The Hall–Kier alpha value is -2.23. The van der Waals surface area contributed by atoms with Crippen molar-refractivity contribution in [1.29, 1.82) is 0 Å². The van der Waals surface area contributed by atoms with E-state index >= 15 is 0 Å². The first-order valence-electron chi connectivity index (χ1n) is 5.64. The molecule has 0 aliphatic heterocycles. The Morgan fingerprint density at radius 1 is 1.32 bits per heavy atom. The number of carboxylic acid groups (broad SMARTS) is 1. The van der Waals surface area contributed by atoms with Gasteiger partial charge in [0, 0.05) is 6.42 Å². The Kier molecular flexibility index (Phi) is 7.04. The van der Waals surface area contributed by atoms with Crippen LogP contribution in [0.5, 0.6) is 0 Å². The van der Waals surface area contributed by atoms with E-state index in [0.29, 0.717) is 0 Å². The Morgan fingerprint density at radius 3 is 2.26 bits per heavy atom. The zero-order valence-electron chi connectivity index (χ0n) is 11.1. The molecule has 106 valence electrons. The lowest BCUT2D eigenvalue weighted by atomic mass is 10.1. The fraction of sp³-hybridized carbons (Fsp3) is 0.583. The fourth-order valence-electron chi connectivity index (χ4n) is 1.28.